The summed E-state index contributed by atoms with van der Waals surface area (Å²) >= 11 is 0. The molecule has 0 amide bonds. The Morgan fingerprint density at radius 1 is 1.23 bits per heavy atom. The van der Waals surface area contributed by atoms with Crippen molar-refractivity contribution in [3.05, 3.63) is 65.6 Å². The zero-order valence-corrected chi connectivity index (χ0v) is 15.4. The molecule has 1 aliphatic rings. The number of benzene rings is 1. The van der Waals surface area contributed by atoms with E-state index < -0.39 is 0 Å². The molecule has 0 aliphatic carbocycles. The number of hydrogen-bond acceptors (Lipinski definition) is 4. The molecule has 5 heteroatoms. The molecular formula is C21H25N3O2. The largest absolute Gasteiger partial charge is 0.487 e. The van der Waals surface area contributed by atoms with Gasteiger partial charge in [0.1, 0.15) is 18.0 Å². The van der Waals surface area contributed by atoms with Crippen molar-refractivity contribution in [1.82, 2.24) is 14.7 Å². The zero-order chi connectivity index (χ0) is 18.0. The lowest BCUT2D eigenvalue weighted by atomic mass is 9.89. The maximum atomic E-state index is 5.89. The van der Waals surface area contributed by atoms with Crippen LogP contribution in [0.5, 0.6) is 5.75 Å². The Labute approximate surface area is 154 Å². The van der Waals surface area contributed by atoms with E-state index >= 15 is 0 Å². The summed E-state index contributed by atoms with van der Waals surface area (Å²) in [7, 11) is 0. The van der Waals surface area contributed by atoms with Crippen LogP contribution in [0.4, 0.5) is 0 Å². The van der Waals surface area contributed by atoms with Gasteiger partial charge >= 0.3 is 0 Å². The standard InChI is InChI=1S/C21H25N3O2/c1-16-4-3-9-24-11-18(23-20(16)24)12-26-19-7-5-17(6-8-19)10-22-13-21(2)14-25-15-21/h3-9,11,22H,10,12-15H2,1-2H3. The Morgan fingerprint density at radius 3 is 2.73 bits per heavy atom. The van der Waals surface area contributed by atoms with Crippen molar-refractivity contribution in [2.45, 2.75) is 27.0 Å². The van der Waals surface area contributed by atoms with E-state index in [-0.39, 0.29) is 0 Å². The lowest BCUT2D eigenvalue weighted by molar-refractivity contribution is -0.0991. The van der Waals surface area contributed by atoms with Crippen molar-refractivity contribution in [2.75, 3.05) is 19.8 Å². The quantitative estimate of drug-likeness (QED) is 0.709. The molecule has 1 saturated heterocycles. The Bertz CT molecular complexity index is 882. The third-order valence-corrected chi connectivity index (χ3v) is 4.82. The van der Waals surface area contributed by atoms with Gasteiger partial charge in [-0.3, -0.25) is 0 Å². The highest BCUT2D eigenvalue weighted by atomic mass is 16.5. The molecule has 0 unspecified atom stereocenters. The first-order valence-corrected chi connectivity index (χ1v) is 9.05. The summed E-state index contributed by atoms with van der Waals surface area (Å²) in [5, 5.41) is 3.51. The summed E-state index contributed by atoms with van der Waals surface area (Å²) < 4.78 is 13.2. The minimum atomic E-state index is 0.301. The fourth-order valence-corrected chi connectivity index (χ4v) is 3.20. The fourth-order valence-electron chi connectivity index (χ4n) is 3.20. The first-order valence-electron chi connectivity index (χ1n) is 9.05. The fraction of sp³-hybridized carbons (Fsp3) is 0.381. The van der Waals surface area contributed by atoms with Crippen molar-refractivity contribution < 1.29 is 9.47 Å². The van der Waals surface area contributed by atoms with Crippen molar-refractivity contribution in [3.8, 4) is 5.75 Å². The molecule has 1 N–H and O–H groups in total. The van der Waals surface area contributed by atoms with Gasteiger partial charge in [-0.15, -0.1) is 0 Å². The number of aromatic nitrogens is 2. The monoisotopic (exact) mass is 351 g/mol. The van der Waals surface area contributed by atoms with Gasteiger partial charge in [-0.25, -0.2) is 4.98 Å². The summed E-state index contributed by atoms with van der Waals surface area (Å²) in [5.74, 6) is 0.863. The molecule has 0 bridgehead atoms. The van der Waals surface area contributed by atoms with E-state index in [1.54, 1.807) is 0 Å². The molecule has 2 aromatic heterocycles. The van der Waals surface area contributed by atoms with Crippen molar-refractivity contribution in [3.63, 3.8) is 0 Å². The van der Waals surface area contributed by atoms with Crippen LogP contribution in [0.1, 0.15) is 23.7 Å². The van der Waals surface area contributed by atoms with E-state index in [1.165, 1.54) is 5.56 Å². The molecule has 1 aliphatic heterocycles. The second-order valence-corrected chi connectivity index (χ2v) is 7.49. The number of ether oxygens (including phenoxy) is 2. The summed E-state index contributed by atoms with van der Waals surface area (Å²) in [6.45, 7) is 8.35. The van der Waals surface area contributed by atoms with E-state index in [0.29, 0.717) is 12.0 Å². The topological polar surface area (TPSA) is 47.8 Å². The van der Waals surface area contributed by atoms with Gasteiger partial charge in [-0.05, 0) is 36.2 Å². The van der Waals surface area contributed by atoms with Gasteiger partial charge in [0.2, 0.25) is 0 Å². The number of hydrogen-bond donors (Lipinski definition) is 1. The summed E-state index contributed by atoms with van der Waals surface area (Å²) in [5.41, 5.74) is 4.64. The zero-order valence-electron chi connectivity index (χ0n) is 15.4. The van der Waals surface area contributed by atoms with Crippen LogP contribution in [-0.2, 0) is 17.9 Å². The van der Waals surface area contributed by atoms with E-state index in [0.717, 1.165) is 49.0 Å². The average Bonchev–Trinajstić information content (AvgIpc) is 3.04. The van der Waals surface area contributed by atoms with Crippen LogP contribution < -0.4 is 10.1 Å². The van der Waals surface area contributed by atoms with E-state index in [9.17, 15) is 0 Å². The molecule has 0 saturated carbocycles. The molecule has 0 radical (unpaired) electrons. The molecule has 1 aromatic carbocycles. The first-order chi connectivity index (χ1) is 12.6. The summed E-state index contributed by atoms with van der Waals surface area (Å²) in [6.07, 6.45) is 4.03. The van der Waals surface area contributed by atoms with Crippen LogP contribution in [0.2, 0.25) is 0 Å². The Kier molecular flexibility index (Phi) is 4.66. The molecule has 5 nitrogen and oxygen atoms in total. The summed E-state index contributed by atoms with van der Waals surface area (Å²) in [6, 6.07) is 12.3. The third kappa shape index (κ3) is 3.74. The van der Waals surface area contributed by atoms with E-state index in [2.05, 4.69) is 42.3 Å². The second-order valence-electron chi connectivity index (χ2n) is 7.49. The molecule has 3 heterocycles. The molecule has 136 valence electrons. The number of nitrogens with zero attached hydrogens (tertiary/aromatic N) is 2. The normalized spacial score (nSPS) is 15.8. The minimum absolute atomic E-state index is 0.301. The lowest BCUT2D eigenvalue weighted by Gasteiger charge is -2.38. The summed E-state index contributed by atoms with van der Waals surface area (Å²) in [4.78, 5) is 4.64. The van der Waals surface area contributed by atoms with Crippen LogP contribution in [0.15, 0.2) is 48.8 Å². The van der Waals surface area contributed by atoms with Gasteiger partial charge < -0.3 is 19.2 Å². The second kappa shape index (κ2) is 7.09. The maximum absolute atomic E-state index is 5.89. The highest BCUT2D eigenvalue weighted by Crippen LogP contribution is 2.25. The predicted octanol–water partition coefficient (Wildman–Crippen LogP) is 3.35. The van der Waals surface area contributed by atoms with Crippen LogP contribution in [0.25, 0.3) is 5.65 Å². The van der Waals surface area contributed by atoms with Crippen LogP contribution in [0.3, 0.4) is 0 Å². The SMILES string of the molecule is Cc1cccn2cc(COc3ccc(CNCC4(C)COC4)cc3)nc12. The lowest BCUT2D eigenvalue weighted by Crippen LogP contribution is -2.47. The highest BCUT2D eigenvalue weighted by Gasteiger charge is 2.32. The molecular weight excluding hydrogens is 326 g/mol. The van der Waals surface area contributed by atoms with Crippen molar-refractivity contribution in [1.29, 1.82) is 0 Å². The van der Waals surface area contributed by atoms with E-state index in [4.69, 9.17) is 9.47 Å². The minimum Gasteiger partial charge on any atom is -0.487 e. The number of rotatable bonds is 7. The van der Waals surface area contributed by atoms with Crippen molar-refractivity contribution >= 4 is 5.65 Å². The molecule has 1 fully saturated rings. The smallest absolute Gasteiger partial charge is 0.140 e. The first kappa shape index (κ1) is 17.1. The van der Waals surface area contributed by atoms with Crippen molar-refractivity contribution in [2.24, 2.45) is 5.41 Å². The van der Waals surface area contributed by atoms with Crippen LogP contribution in [0, 0.1) is 12.3 Å². The molecule has 4 rings (SSSR count). The molecule has 26 heavy (non-hydrogen) atoms. The van der Waals surface area contributed by atoms with Gasteiger partial charge in [-0.1, -0.05) is 25.1 Å². The highest BCUT2D eigenvalue weighted by molar-refractivity contribution is 5.47. The van der Waals surface area contributed by atoms with Gasteiger partial charge in [0.25, 0.3) is 0 Å². The molecule has 0 atom stereocenters. The van der Waals surface area contributed by atoms with Crippen LogP contribution in [-0.4, -0.2) is 29.1 Å². The average molecular weight is 351 g/mol. The Hall–Kier alpha value is -2.37. The maximum Gasteiger partial charge on any atom is 0.140 e. The Balaban J connectivity index is 1.30. The number of nitrogens with one attached hydrogen (secondary N) is 1. The van der Waals surface area contributed by atoms with Crippen LogP contribution >= 0.6 is 0 Å². The predicted molar refractivity (Wildman–Crippen MR) is 101 cm³/mol. The Morgan fingerprint density at radius 2 is 2.04 bits per heavy atom. The van der Waals surface area contributed by atoms with Gasteiger partial charge in [-0.2, -0.15) is 0 Å². The molecule has 3 aromatic rings. The van der Waals surface area contributed by atoms with Gasteiger partial charge in [0, 0.05) is 30.9 Å². The number of pyridine rings is 1. The third-order valence-electron chi connectivity index (χ3n) is 4.82. The van der Waals surface area contributed by atoms with Gasteiger partial charge in [0.15, 0.2) is 0 Å². The number of fused-ring (bicyclic) bond motifs is 1. The number of aryl methyl sites for hydroxylation is 1. The van der Waals surface area contributed by atoms with E-state index in [1.807, 2.05) is 35.0 Å². The van der Waals surface area contributed by atoms with Gasteiger partial charge in [0.05, 0.1) is 18.9 Å². The molecule has 0 spiro atoms. The number of imidazole rings is 1.